The second-order valence-electron chi connectivity index (χ2n) is 2.57. The van der Waals surface area contributed by atoms with Crippen molar-refractivity contribution in [3.63, 3.8) is 0 Å². The second kappa shape index (κ2) is 4.57. The predicted molar refractivity (Wildman–Crippen MR) is 50.3 cm³/mol. The lowest BCUT2D eigenvalue weighted by atomic mass is 10.2. The Morgan fingerprint density at radius 1 is 1.40 bits per heavy atom. The fraction of sp³-hybridized carbons (Fsp3) is 0.222. The highest BCUT2D eigenvalue weighted by Gasteiger charge is 2.29. The van der Waals surface area contributed by atoms with Crippen LogP contribution >= 0.6 is 11.8 Å². The molecule has 0 aliphatic heterocycles. The second-order valence-corrected chi connectivity index (χ2v) is 3.71. The van der Waals surface area contributed by atoms with Crippen LogP contribution in [0.3, 0.4) is 0 Å². The van der Waals surface area contributed by atoms with Crippen molar-refractivity contribution in [2.24, 2.45) is 0 Å². The maximum atomic E-state index is 12.0. The third-order valence-corrected chi connectivity index (χ3v) is 2.28. The monoisotopic (exact) mass is 236 g/mol. The van der Waals surface area contributed by atoms with Gasteiger partial charge in [-0.3, -0.25) is 4.79 Å². The predicted octanol–water partition coefficient (Wildman–Crippen LogP) is 3.12. The number of hydrogen-bond donors (Lipinski definition) is 0. The summed E-state index contributed by atoms with van der Waals surface area (Å²) >= 11 is -0.265. The largest absolute Gasteiger partial charge is 0.496 e. The Morgan fingerprint density at radius 2 is 2.07 bits per heavy atom. The number of hydrogen-bond acceptors (Lipinski definition) is 3. The average Bonchev–Trinajstić information content (AvgIpc) is 2.15. The van der Waals surface area contributed by atoms with Crippen LogP contribution in [-0.4, -0.2) is 18.9 Å². The van der Waals surface area contributed by atoms with Crippen molar-refractivity contribution in [1.29, 1.82) is 0 Å². The number of rotatable bonds is 3. The summed E-state index contributed by atoms with van der Waals surface area (Å²) in [6.07, 6.45) is 0.458. The number of halogens is 3. The van der Waals surface area contributed by atoms with Crippen LogP contribution in [-0.2, 0) is 0 Å². The lowest BCUT2D eigenvalue weighted by Gasteiger charge is -2.08. The molecule has 0 amide bonds. The normalized spacial score (nSPS) is 11.2. The molecular formula is C9H7F3O2S. The van der Waals surface area contributed by atoms with E-state index in [1.54, 1.807) is 0 Å². The summed E-state index contributed by atoms with van der Waals surface area (Å²) in [4.78, 5) is 10.5. The molecule has 0 radical (unpaired) electrons. The van der Waals surface area contributed by atoms with Gasteiger partial charge in [0, 0.05) is 4.90 Å². The molecule has 0 atom stereocenters. The van der Waals surface area contributed by atoms with E-state index in [0.29, 0.717) is 6.29 Å². The van der Waals surface area contributed by atoms with Crippen LogP contribution in [0.2, 0.25) is 0 Å². The first-order chi connectivity index (χ1) is 6.96. The van der Waals surface area contributed by atoms with E-state index in [9.17, 15) is 18.0 Å². The molecule has 0 spiro atoms. The highest BCUT2D eigenvalue weighted by Crippen LogP contribution is 2.38. The van der Waals surface area contributed by atoms with Crippen molar-refractivity contribution < 1.29 is 22.7 Å². The van der Waals surface area contributed by atoms with Gasteiger partial charge in [-0.1, -0.05) is 0 Å². The third kappa shape index (κ3) is 3.47. The molecule has 1 aromatic rings. The van der Waals surface area contributed by atoms with Gasteiger partial charge in [0.15, 0.2) is 6.29 Å². The molecule has 0 N–H and O–H groups in total. The molecule has 82 valence electrons. The van der Waals surface area contributed by atoms with E-state index in [0.717, 1.165) is 6.07 Å². The molecule has 0 saturated carbocycles. The molecule has 0 bridgehead atoms. The number of carbonyl (C=O) groups is 1. The summed E-state index contributed by atoms with van der Waals surface area (Å²) in [5, 5.41) is 0. The number of thioether (sulfide) groups is 1. The molecule has 1 aromatic carbocycles. The molecule has 0 saturated heterocycles. The summed E-state index contributed by atoms with van der Waals surface area (Å²) in [6.45, 7) is 0. The molecule has 0 aliphatic rings. The van der Waals surface area contributed by atoms with Gasteiger partial charge >= 0.3 is 5.51 Å². The number of ether oxygens (including phenoxy) is 1. The van der Waals surface area contributed by atoms with Gasteiger partial charge in [-0.15, -0.1) is 0 Å². The Morgan fingerprint density at radius 3 is 2.53 bits per heavy atom. The van der Waals surface area contributed by atoms with Gasteiger partial charge in [0.1, 0.15) is 5.75 Å². The molecule has 6 heteroatoms. The van der Waals surface area contributed by atoms with Crippen molar-refractivity contribution in [3.05, 3.63) is 23.8 Å². The van der Waals surface area contributed by atoms with Crippen molar-refractivity contribution >= 4 is 18.0 Å². The van der Waals surface area contributed by atoms with E-state index in [1.807, 2.05) is 0 Å². The fourth-order valence-electron chi connectivity index (χ4n) is 1.00. The summed E-state index contributed by atoms with van der Waals surface area (Å²) in [5.74, 6) is 0.261. The maximum Gasteiger partial charge on any atom is 0.446 e. The first-order valence-electron chi connectivity index (χ1n) is 3.85. The standard InChI is InChI=1S/C9H7F3O2S/c1-14-8-3-2-7(4-6(8)5-13)15-9(10,11)12/h2-5H,1H3. The zero-order valence-corrected chi connectivity index (χ0v) is 8.48. The molecule has 0 aromatic heterocycles. The van der Waals surface area contributed by atoms with Gasteiger partial charge in [0.05, 0.1) is 12.7 Å². The smallest absolute Gasteiger partial charge is 0.446 e. The van der Waals surface area contributed by atoms with Gasteiger partial charge in [0.25, 0.3) is 0 Å². The van der Waals surface area contributed by atoms with Crippen molar-refractivity contribution in [1.82, 2.24) is 0 Å². The third-order valence-electron chi connectivity index (χ3n) is 1.56. The highest BCUT2D eigenvalue weighted by molar-refractivity contribution is 8.00. The minimum Gasteiger partial charge on any atom is -0.496 e. The van der Waals surface area contributed by atoms with Gasteiger partial charge in [0.2, 0.25) is 0 Å². The molecule has 0 heterocycles. The van der Waals surface area contributed by atoms with Crippen LogP contribution in [0.4, 0.5) is 13.2 Å². The number of benzene rings is 1. The Hall–Kier alpha value is -1.17. The summed E-state index contributed by atoms with van der Waals surface area (Å²) in [6, 6.07) is 3.73. The van der Waals surface area contributed by atoms with E-state index >= 15 is 0 Å². The number of carbonyl (C=O) groups excluding carboxylic acids is 1. The van der Waals surface area contributed by atoms with Gasteiger partial charge in [-0.25, -0.2) is 0 Å². The summed E-state index contributed by atoms with van der Waals surface area (Å²) < 4.78 is 40.8. The molecule has 1 rings (SSSR count). The van der Waals surface area contributed by atoms with Crippen molar-refractivity contribution in [3.8, 4) is 5.75 Å². The van der Waals surface area contributed by atoms with Crippen LogP contribution < -0.4 is 4.74 Å². The molecule has 2 nitrogen and oxygen atoms in total. The Kier molecular flexibility index (Phi) is 3.62. The van der Waals surface area contributed by atoms with Crippen LogP contribution in [0.1, 0.15) is 10.4 Å². The van der Waals surface area contributed by atoms with Gasteiger partial charge in [-0.05, 0) is 30.0 Å². The Labute approximate surface area is 88.4 Å². The number of methoxy groups -OCH3 is 1. The van der Waals surface area contributed by atoms with Gasteiger partial charge in [-0.2, -0.15) is 13.2 Å². The topological polar surface area (TPSA) is 26.3 Å². The average molecular weight is 236 g/mol. The fourth-order valence-corrected chi connectivity index (χ4v) is 1.59. The molecular weight excluding hydrogens is 229 g/mol. The highest BCUT2D eigenvalue weighted by atomic mass is 32.2. The molecule has 0 aliphatic carbocycles. The minimum absolute atomic E-state index is 0.0367. The quantitative estimate of drug-likeness (QED) is 0.595. The van der Waals surface area contributed by atoms with E-state index in [2.05, 4.69) is 0 Å². The minimum atomic E-state index is -4.35. The summed E-state index contributed by atoms with van der Waals surface area (Å²) in [7, 11) is 1.35. The SMILES string of the molecule is COc1ccc(SC(F)(F)F)cc1C=O. The van der Waals surface area contributed by atoms with Crippen molar-refractivity contribution in [2.75, 3.05) is 7.11 Å². The van der Waals surface area contributed by atoms with Crippen LogP contribution in [0, 0.1) is 0 Å². The van der Waals surface area contributed by atoms with E-state index < -0.39 is 5.51 Å². The first kappa shape index (κ1) is 11.9. The Bertz CT molecular complexity index is 363. The molecule has 0 fully saturated rings. The number of alkyl halides is 3. The zero-order chi connectivity index (χ0) is 11.5. The van der Waals surface area contributed by atoms with Crippen LogP contribution in [0.15, 0.2) is 23.1 Å². The lowest BCUT2D eigenvalue weighted by molar-refractivity contribution is -0.0328. The lowest BCUT2D eigenvalue weighted by Crippen LogP contribution is -1.99. The van der Waals surface area contributed by atoms with Crippen LogP contribution in [0.5, 0.6) is 5.75 Å². The van der Waals surface area contributed by atoms with Crippen molar-refractivity contribution in [2.45, 2.75) is 10.4 Å². The summed E-state index contributed by atoms with van der Waals surface area (Å²) in [5.41, 5.74) is -4.25. The maximum absolute atomic E-state index is 12.0. The van der Waals surface area contributed by atoms with E-state index in [4.69, 9.17) is 4.74 Å². The number of aldehydes is 1. The Balaban J connectivity index is 2.98. The van der Waals surface area contributed by atoms with E-state index in [1.165, 1.54) is 19.2 Å². The van der Waals surface area contributed by atoms with E-state index in [-0.39, 0.29) is 28.0 Å². The first-order valence-corrected chi connectivity index (χ1v) is 4.67. The zero-order valence-electron chi connectivity index (χ0n) is 7.67. The molecule has 15 heavy (non-hydrogen) atoms. The van der Waals surface area contributed by atoms with Crippen LogP contribution in [0.25, 0.3) is 0 Å². The molecule has 0 unspecified atom stereocenters. The van der Waals surface area contributed by atoms with Gasteiger partial charge < -0.3 is 4.74 Å².